The fourth-order valence-corrected chi connectivity index (χ4v) is 1.00. The van der Waals surface area contributed by atoms with Gasteiger partial charge in [-0.25, -0.2) is 0 Å². The van der Waals surface area contributed by atoms with Gasteiger partial charge < -0.3 is 5.11 Å². The molecule has 1 rings (SSSR count). The van der Waals surface area contributed by atoms with Crippen LogP contribution in [0.15, 0.2) is 23.8 Å². The minimum absolute atomic E-state index is 0.0778. The van der Waals surface area contributed by atoms with Gasteiger partial charge in [0.15, 0.2) is 5.78 Å². The Hall–Kier alpha value is -1.38. The highest BCUT2D eigenvalue weighted by Gasteiger charge is 2.04. The lowest BCUT2D eigenvalue weighted by Crippen LogP contribution is -1.99. The van der Waals surface area contributed by atoms with Crippen molar-refractivity contribution in [3.63, 3.8) is 0 Å². The van der Waals surface area contributed by atoms with Gasteiger partial charge in [-0.05, 0) is 12.5 Å². The van der Waals surface area contributed by atoms with Crippen LogP contribution in [0.25, 0.3) is 0 Å². The van der Waals surface area contributed by atoms with E-state index in [4.69, 9.17) is 5.11 Å². The van der Waals surface area contributed by atoms with E-state index < -0.39 is 5.97 Å². The van der Waals surface area contributed by atoms with Crippen LogP contribution in [0, 0.1) is 0 Å². The monoisotopic (exact) mass is 166 g/mol. The number of carboxylic acids is 1. The summed E-state index contributed by atoms with van der Waals surface area (Å²) >= 11 is 0. The van der Waals surface area contributed by atoms with Gasteiger partial charge in [-0.15, -0.1) is 0 Å². The van der Waals surface area contributed by atoms with Crippen molar-refractivity contribution in [1.82, 2.24) is 0 Å². The molecule has 0 aliphatic heterocycles. The van der Waals surface area contributed by atoms with Gasteiger partial charge in [-0.2, -0.15) is 0 Å². The van der Waals surface area contributed by atoms with E-state index in [0.717, 1.165) is 5.57 Å². The molecule has 0 aromatic carbocycles. The molecular weight excluding hydrogens is 156 g/mol. The van der Waals surface area contributed by atoms with Gasteiger partial charge in [0.1, 0.15) is 0 Å². The molecule has 0 unspecified atom stereocenters. The van der Waals surface area contributed by atoms with Crippen LogP contribution in [0.2, 0.25) is 0 Å². The third-order valence-electron chi connectivity index (χ3n) is 1.68. The number of rotatable bonds is 3. The second kappa shape index (κ2) is 3.85. The summed E-state index contributed by atoms with van der Waals surface area (Å²) in [5.41, 5.74) is 0.942. The van der Waals surface area contributed by atoms with E-state index in [1.54, 1.807) is 12.2 Å². The van der Waals surface area contributed by atoms with Crippen molar-refractivity contribution in [2.45, 2.75) is 19.3 Å². The molecule has 0 saturated carbocycles. The zero-order chi connectivity index (χ0) is 8.97. The van der Waals surface area contributed by atoms with Crippen molar-refractivity contribution in [3.8, 4) is 0 Å². The number of ketones is 1. The first-order valence-corrected chi connectivity index (χ1v) is 3.80. The van der Waals surface area contributed by atoms with Crippen LogP contribution in [-0.4, -0.2) is 16.9 Å². The number of carbonyl (C=O) groups excluding carboxylic acids is 1. The predicted octanol–water partition coefficient (Wildman–Crippen LogP) is 1.31. The fourth-order valence-electron chi connectivity index (χ4n) is 1.00. The smallest absolute Gasteiger partial charge is 0.303 e. The Kier molecular flexibility index (Phi) is 2.80. The Morgan fingerprint density at radius 3 is 2.75 bits per heavy atom. The summed E-state index contributed by atoms with van der Waals surface area (Å²) in [4.78, 5) is 20.9. The number of carbonyl (C=O) groups is 2. The summed E-state index contributed by atoms with van der Waals surface area (Å²) < 4.78 is 0. The Bertz CT molecular complexity index is 261. The van der Waals surface area contributed by atoms with Gasteiger partial charge in [0.05, 0.1) is 0 Å². The lowest BCUT2D eigenvalue weighted by Gasteiger charge is -2.03. The molecule has 0 spiro atoms. The van der Waals surface area contributed by atoms with Crippen molar-refractivity contribution in [2.24, 2.45) is 0 Å². The maximum atomic E-state index is 10.7. The van der Waals surface area contributed by atoms with E-state index in [9.17, 15) is 9.59 Å². The number of allylic oxidation sites excluding steroid dienone is 4. The molecule has 0 amide bonds. The molecule has 0 saturated heterocycles. The molecule has 64 valence electrons. The van der Waals surface area contributed by atoms with Crippen molar-refractivity contribution in [3.05, 3.63) is 23.8 Å². The van der Waals surface area contributed by atoms with Crippen LogP contribution < -0.4 is 0 Å². The zero-order valence-corrected chi connectivity index (χ0v) is 6.62. The molecule has 3 heteroatoms. The summed E-state index contributed by atoms with van der Waals surface area (Å²) in [6.07, 6.45) is 6.02. The summed E-state index contributed by atoms with van der Waals surface area (Å²) in [6.45, 7) is 0. The van der Waals surface area contributed by atoms with Gasteiger partial charge >= 0.3 is 5.97 Å². The third-order valence-corrected chi connectivity index (χ3v) is 1.68. The second-order valence-electron chi connectivity index (χ2n) is 2.68. The number of hydrogen-bond donors (Lipinski definition) is 1. The largest absolute Gasteiger partial charge is 0.481 e. The van der Waals surface area contributed by atoms with Crippen LogP contribution in [0.1, 0.15) is 19.3 Å². The van der Waals surface area contributed by atoms with Crippen molar-refractivity contribution < 1.29 is 14.7 Å². The molecule has 1 N–H and O–H groups in total. The van der Waals surface area contributed by atoms with E-state index in [1.807, 2.05) is 0 Å². The SMILES string of the molecule is O=C(O)CCC1=CCC(=O)C=C1. The lowest BCUT2D eigenvalue weighted by molar-refractivity contribution is -0.136. The molecule has 3 nitrogen and oxygen atoms in total. The van der Waals surface area contributed by atoms with Crippen LogP contribution >= 0.6 is 0 Å². The standard InChI is InChI=1S/C9H10O3/c10-8-4-1-7(2-5-8)3-6-9(11)12/h1-2,4H,3,5-6H2,(H,11,12). The Morgan fingerprint density at radius 2 is 2.25 bits per heavy atom. The molecule has 1 aliphatic carbocycles. The van der Waals surface area contributed by atoms with Crippen molar-refractivity contribution in [2.75, 3.05) is 0 Å². The van der Waals surface area contributed by atoms with Crippen LogP contribution in [0.4, 0.5) is 0 Å². The number of aliphatic carboxylic acids is 1. The summed E-state index contributed by atoms with van der Waals surface area (Å²) in [5, 5.41) is 8.38. The Labute approximate surface area is 70.4 Å². The highest BCUT2D eigenvalue weighted by atomic mass is 16.4. The quantitative estimate of drug-likeness (QED) is 0.687. The van der Waals surface area contributed by atoms with E-state index in [-0.39, 0.29) is 12.2 Å². The van der Waals surface area contributed by atoms with Gasteiger partial charge in [0, 0.05) is 12.8 Å². The fraction of sp³-hybridized carbons (Fsp3) is 0.333. The molecule has 0 heterocycles. The zero-order valence-electron chi connectivity index (χ0n) is 6.62. The minimum Gasteiger partial charge on any atom is -0.481 e. The van der Waals surface area contributed by atoms with E-state index in [1.165, 1.54) is 6.08 Å². The molecule has 0 aromatic heterocycles. The minimum atomic E-state index is -0.804. The number of carboxylic acid groups (broad SMARTS) is 1. The van der Waals surface area contributed by atoms with E-state index >= 15 is 0 Å². The van der Waals surface area contributed by atoms with Crippen molar-refractivity contribution in [1.29, 1.82) is 0 Å². The molecule has 0 aromatic rings. The third kappa shape index (κ3) is 2.70. The topological polar surface area (TPSA) is 54.4 Å². The first kappa shape index (κ1) is 8.71. The lowest BCUT2D eigenvalue weighted by atomic mass is 10.0. The first-order valence-electron chi connectivity index (χ1n) is 3.80. The summed E-state index contributed by atoms with van der Waals surface area (Å²) in [6, 6.07) is 0. The molecule has 1 aliphatic rings. The maximum absolute atomic E-state index is 10.7. The maximum Gasteiger partial charge on any atom is 0.303 e. The van der Waals surface area contributed by atoms with Gasteiger partial charge in [0.25, 0.3) is 0 Å². The summed E-state index contributed by atoms with van der Waals surface area (Å²) in [5.74, 6) is -0.727. The molecule has 0 atom stereocenters. The highest BCUT2D eigenvalue weighted by molar-refractivity contribution is 5.92. The van der Waals surface area contributed by atoms with Crippen LogP contribution in [0.5, 0.6) is 0 Å². The van der Waals surface area contributed by atoms with Gasteiger partial charge in [-0.1, -0.05) is 17.7 Å². The highest BCUT2D eigenvalue weighted by Crippen LogP contribution is 2.12. The second-order valence-corrected chi connectivity index (χ2v) is 2.68. The average molecular weight is 166 g/mol. The van der Waals surface area contributed by atoms with Gasteiger partial charge in [0.2, 0.25) is 0 Å². The van der Waals surface area contributed by atoms with E-state index in [0.29, 0.717) is 12.8 Å². The van der Waals surface area contributed by atoms with Crippen LogP contribution in [0.3, 0.4) is 0 Å². The van der Waals surface area contributed by atoms with Gasteiger partial charge in [-0.3, -0.25) is 9.59 Å². The molecule has 0 bridgehead atoms. The number of hydrogen-bond acceptors (Lipinski definition) is 2. The Balaban J connectivity index is 2.40. The van der Waals surface area contributed by atoms with Crippen LogP contribution in [-0.2, 0) is 9.59 Å². The Morgan fingerprint density at radius 1 is 1.50 bits per heavy atom. The van der Waals surface area contributed by atoms with Crippen molar-refractivity contribution >= 4 is 11.8 Å². The van der Waals surface area contributed by atoms with E-state index in [2.05, 4.69) is 0 Å². The predicted molar refractivity (Wildman–Crippen MR) is 43.7 cm³/mol. The molecule has 12 heavy (non-hydrogen) atoms. The first-order chi connectivity index (χ1) is 5.68. The molecular formula is C9H10O3. The normalized spacial score (nSPS) is 16.0. The summed E-state index contributed by atoms with van der Waals surface area (Å²) in [7, 11) is 0. The molecule has 0 radical (unpaired) electrons. The molecule has 0 fully saturated rings. The average Bonchev–Trinajstić information content (AvgIpc) is 2.03.